The van der Waals surface area contributed by atoms with Crippen LogP contribution in [0.5, 0.6) is 0 Å². The molecule has 6 heteroatoms. The number of aliphatic hydroxyl groups is 1. The number of nitrogen functional groups attached to an aromatic ring is 1. The smallest absolute Gasteiger partial charge is 0.337 e. The van der Waals surface area contributed by atoms with Crippen LogP contribution in [0.15, 0.2) is 12.3 Å². The minimum Gasteiger partial charge on any atom is -0.478 e. The van der Waals surface area contributed by atoms with E-state index in [1.165, 1.54) is 18.7 Å². The number of anilines is 2. The number of hydrogen-bond donors (Lipinski definition) is 3. The van der Waals surface area contributed by atoms with Gasteiger partial charge in [-0.05, 0) is 18.9 Å². The first-order valence-corrected chi connectivity index (χ1v) is 6.99. The fraction of sp³-hybridized carbons (Fsp3) is 0.571. The second-order valence-electron chi connectivity index (χ2n) is 5.14. The summed E-state index contributed by atoms with van der Waals surface area (Å²) in [6.45, 7) is 0.478. The summed E-state index contributed by atoms with van der Waals surface area (Å²) in [5.74, 6) is -0.476. The average molecular weight is 279 g/mol. The van der Waals surface area contributed by atoms with Crippen molar-refractivity contribution in [2.45, 2.75) is 38.1 Å². The predicted molar refractivity (Wildman–Crippen MR) is 76.9 cm³/mol. The van der Waals surface area contributed by atoms with Gasteiger partial charge in [0.25, 0.3) is 0 Å². The van der Waals surface area contributed by atoms with Crippen LogP contribution >= 0.6 is 0 Å². The molecule has 0 spiro atoms. The maximum absolute atomic E-state index is 11.2. The molecule has 0 atom stereocenters. The molecule has 0 aliphatic heterocycles. The van der Waals surface area contributed by atoms with Crippen molar-refractivity contribution >= 4 is 17.5 Å². The normalized spacial score (nSPS) is 16.1. The van der Waals surface area contributed by atoms with E-state index < -0.39 is 5.97 Å². The quantitative estimate of drug-likeness (QED) is 0.755. The van der Waals surface area contributed by atoms with Crippen LogP contribution in [0, 0.1) is 0 Å². The third-order valence-corrected chi connectivity index (χ3v) is 3.80. The van der Waals surface area contributed by atoms with Gasteiger partial charge in [0, 0.05) is 12.6 Å². The largest absolute Gasteiger partial charge is 0.478 e. The first-order valence-electron chi connectivity index (χ1n) is 6.99. The zero-order chi connectivity index (χ0) is 14.5. The summed E-state index contributed by atoms with van der Waals surface area (Å²) in [6.07, 6.45) is 7.04. The second-order valence-corrected chi connectivity index (χ2v) is 5.14. The number of carboxylic acid groups (broad SMARTS) is 1. The average Bonchev–Trinajstić information content (AvgIpc) is 2.46. The highest BCUT2D eigenvalue weighted by atomic mass is 16.4. The van der Waals surface area contributed by atoms with Crippen molar-refractivity contribution in [1.29, 1.82) is 0 Å². The van der Waals surface area contributed by atoms with Gasteiger partial charge >= 0.3 is 5.97 Å². The van der Waals surface area contributed by atoms with Gasteiger partial charge in [0.15, 0.2) is 0 Å². The molecule has 1 aliphatic rings. The van der Waals surface area contributed by atoms with Gasteiger partial charge in [-0.3, -0.25) is 0 Å². The van der Waals surface area contributed by atoms with Crippen molar-refractivity contribution in [3.8, 4) is 0 Å². The van der Waals surface area contributed by atoms with E-state index in [4.69, 9.17) is 10.8 Å². The fourth-order valence-corrected chi connectivity index (χ4v) is 2.78. The molecule has 1 saturated carbocycles. The number of carboxylic acids is 1. The molecular weight excluding hydrogens is 258 g/mol. The number of nitrogens with zero attached hydrogens (tertiary/aromatic N) is 2. The molecule has 1 aromatic rings. The van der Waals surface area contributed by atoms with Crippen LogP contribution in [-0.4, -0.2) is 40.4 Å². The van der Waals surface area contributed by atoms with Crippen molar-refractivity contribution in [2.75, 3.05) is 23.8 Å². The minimum atomic E-state index is -1.06. The Morgan fingerprint density at radius 1 is 1.40 bits per heavy atom. The van der Waals surface area contributed by atoms with Gasteiger partial charge in [-0.2, -0.15) is 0 Å². The molecule has 1 heterocycles. The molecule has 0 bridgehead atoms. The Morgan fingerprint density at radius 3 is 2.70 bits per heavy atom. The number of aromatic nitrogens is 1. The molecule has 110 valence electrons. The lowest BCUT2D eigenvalue weighted by Crippen LogP contribution is -2.39. The van der Waals surface area contributed by atoms with Crippen molar-refractivity contribution in [3.63, 3.8) is 0 Å². The molecule has 4 N–H and O–H groups in total. The number of nitrogens with two attached hydrogens (primary N) is 1. The Kier molecular flexibility index (Phi) is 4.79. The Morgan fingerprint density at radius 2 is 2.10 bits per heavy atom. The summed E-state index contributed by atoms with van der Waals surface area (Å²) in [5, 5.41) is 18.4. The number of rotatable bonds is 5. The van der Waals surface area contributed by atoms with Crippen LogP contribution in [-0.2, 0) is 0 Å². The van der Waals surface area contributed by atoms with E-state index in [2.05, 4.69) is 4.98 Å². The Hall–Kier alpha value is -1.82. The number of hydrogen-bond acceptors (Lipinski definition) is 5. The van der Waals surface area contributed by atoms with Crippen molar-refractivity contribution in [2.24, 2.45) is 0 Å². The Bertz CT molecular complexity index is 473. The van der Waals surface area contributed by atoms with Gasteiger partial charge in [-0.15, -0.1) is 0 Å². The highest BCUT2D eigenvalue weighted by Gasteiger charge is 2.23. The summed E-state index contributed by atoms with van der Waals surface area (Å²) in [4.78, 5) is 17.4. The van der Waals surface area contributed by atoms with Crippen molar-refractivity contribution in [1.82, 2.24) is 4.98 Å². The van der Waals surface area contributed by atoms with Crippen LogP contribution in [0.3, 0.4) is 0 Å². The molecule has 0 radical (unpaired) electrons. The predicted octanol–water partition coefficient (Wildman–Crippen LogP) is 1.49. The molecule has 1 aromatic heterocycles. The van der Waals surface area contributed by atoms with Crippen molar-refractivity contribution in [3.05, 3.63) is 17.8 Å². The van der Waals surface area contributed by atoms with Gasteiger partial charge in [0.1, 0.15) is 5.82 Å². The first-order chi connectivity index (χ1) is 9.63. The lowest BCUT2D eigenvalue weighted by Gasteiger charge is -2.35. The first kappa shape index (κ1) is 14.6. The van der Waals surface area contributed by atoms with Crippen LogP contribution in [0.1, 0.15) is 42.5 Å². The van der Waals surface area contributed by atoms with E-state index in [0.29, 0.717) is 18.4 Å². The van der Waals surface area contributed by atoms with Gasteiger partial charge in [-0.1, -0.05) is 19.3 Å². The summed E-state index contributed by atoms with van der Waals surface area (Å²) in [7, 11) is 0. The highest BCUT2D eigenvalue weighted by Crippen LogP contribution is 2.27. The molecule has 6 nitrogen and oxygen atoms in total. The number of aliphatic hydroxyl groups excluding tert-OH is 1. The second kappa shape index (κ2) is 6.56. The molecule has 0 unspecified atom stereocenters. The Labute approximate surface area is 118 Å². The SMILES string of the molecule is Nc1cnc(N(CCO)C2CCCCC2)cc1C(=O)O. The summed E-state index contributed by atoms with van der Waals surface area (Å²) < 4.78 is 0. The third kappa shape index (κ3) is 3.19. The number of pyridine rings is 1. The molecule has 0 amide bonds. The molecule has 0 aromatic carbocycles. The molecule has 0 saturated heterocycles. The van der Waals surface area contributed by atoms with E-state index in [-0.39, 0.29) is 17.9 Å². The summed E-state index contributed by atoms with van der Waals surface area (Å²) in [5.41, 5.74) is 5.86. The van der Waals surface area contributed by atoms with Crippen LogP contribution in [0.2, 0.25) is 0 Å². The summed E-state index contributed by atoms with van der Waals surface area (Å²) in [6, 6.07) is 1.82. The zero-order valence-corrected chi connectivity index (χ0v) is 11.5. The van der Waals surface area contributed by atoms with Crippen molar-refractivity contribution < 1.29 is 15.0 Å². The Balaban J connectivity index is 2.28. The molecule has 1 aliphatic carbocycles. The lowest BCUT2D eigenvalue weighted by atomic mass is 9.94. The third-order valence-electron chi connectivity index (χ3n) is 3.80. The number of aromatic carboxylic acids is 1. The minimum absolute atomic E-state index is 0.0188. The lowest BCUT2D eigenvalue weighted by molar-refractivity contribution is 0.0698. The zero-order valence-electron chi connectivity index (χ0n) is 11.5. The fourth-order valence-electron chi connectivity index (χ4n) is 2.78. The molecule has 2 rings (SSSR count). The van der Waals surface area contributed by atoms with Crippen LogP contribution < -0.4 is 10.6 Å². The van der Waals surface area contributed by atoms with E-state index in [1.807, 2.05) is 4.90 Å². The van der Waals surface area contributed by atoms with Crippen LogP contribution in [0.4, 0.5) is 11.5 Å². The highest BCUT2D eigenvalue weighted by molar-refractivity contribution is 5.94. The van der Waals surface area contributed by atoms with E-state index in [1.54, 1.807) is 0 Å². The van der Waals surface area contributed by atoms with Gasteiger partial charge < -0.3 is 20.8 Å². The molecular formula is C14H21N3O3. The maximum atomic E-state index is 11.2. The summed E-state index contributed by atoms with van der Waals surface area (Å²) >= 11 is 0. The molecule has 1 fully saturated rings. The van der Waals surface area contributed by atoms with Gasteiger partial charge in [-0.25, -0.2) is 9.78 Å². The van der Waals surface area contributed by atoms with E-state index in [0.717, 1.165) is 25.7 Å². The van der Waals surface area contributed by atoms with Gasteiger partial charge in [0.05, 0.1) is 24.1 Å². The maximum Gasteiger partial charge on any atom is 0.337 e. The number of carbonyl (C=O) groups is 1. The van der Waals surface area contributed by atoms with Crippen LogP contribution in [0.25, 0.3) is 0 Å². The van der Waals surface area contributed by atoms with E-state index in [9.17, 15) is 9.90 Å². The standard InChI is InChI=1S/C14H21N3O3/c15-12-9-16-13(8-11(12)14(19)20)17(6-7-18)10-4-2-1-3-5-10/h8-10,18H,1-7,15H2,(H,19,20). The van der Waals surface area contributed by atoms with Gasteiger partial charge in [0.2, 0.25) is 0 Å². The molecule has 20 heavy (non-hydrogen) atoms. The topological polar surface area (TPSA) is 99.7 Å². The van der Waals surface area contributed by atoms with E-state index >= 15 is 0 Å². The monoisotopic (exact) mass is 279 g/mol.